The summed E-state index contributed by atoms with van der Waals surface area (Å²) in [7, 11) is -2.23. The van der Waals surface area contributed by atoms with Crippen LogP contribution in [-0.2, 0) is 43.0 Å². The van der Waals surface area contributed by atoms with Crippen LogP contribution in [0.5, 0.6) is 0 Å². The Hall–Kier alpha value is -0.610. The second kappa shape index (κ2) is 17.4. The average Bonchev–Trinajstić information content (AvgIpc) is 3.58. The molecule has 56 heavy (non-hydrogen) atoms. The summed E-state index contributed by atoms with van der Waals surface area (Å²) in [5.74, 6) is -0.694. The van der Waals surface area contributed by atoms with Gasteiger partial charge in [0.25, 0.3) is 0 Å². The monoisotopic (exact) mass is 823 g/mol. The molecule has 6 fully saturated rings. The first-order valence-corrected chi connectivity index (χ1v) is 21.9. The summed E-state index contributed by atoms with van der Waals surface area (Å²) in [6.45, 7) is 10.1. The Bertz CT molecular complexity index is 1420. The van der Waals surface area contributed by atoms with Gasteiger partial charge in [0.05, 0.1) is 43.7 Å². The fourth-order valence-electron chi connectivity index (χ4n) is 12.6. The summed E-state index contributed by atoms with van der Waals surface area (Å²) in [5.41, 5.74) is -0.878. The molecule has 0 aromatic carbocycles. The molecule has 326 valence electrons. The van der Waals surface area contributed by atoms with Crippen molar-refractivity contribution in [3.63, 3.8) is 0 Å². The zero-order chi connectivity index (χ0) is 41.1. The Balaban J connectivity index is 1.15. The maximum atomic E-state index is 12.0. The summed E-state index contributed by atoms with van der Waals surface area (Å²) < 4.78 is 76.5. The molecule has 21 atom stereocenters. The first-order chi connectivity index (χ1) is 26.3. The lowest BCUT2D eigenvalue weighted by atomic mass is 9.43. The maximum absolute atomic E-state index is 12.0. The molecule has 17 heteroatoms. The Kier molecular flexibility index (Phi) is 14.0. The third-order valence-corrected chi connectivity index (χ3v) is 15.9. The minimum Gasteiger partial charge on any atom is -0.726 e. The van der Waals surface area contributed by atoms with Crippen LogP contribution >= 0.6 is 0 Å². The number of fused-ring (bicyclic) bond motifs is 5. The highest BCUT2D eigenvalue weighted by atomic mass is 32.3. The Morgan fingerprint density at radius 3 is 2.14 bits per heavy atom. The van der Waals surface area contributed by atoms with E-state index in [0.29, 0.717) is 25.7 Å². The topological polar surface area (TPSA) is 243 Å². The maximum Gasteiger partial charge on any atom is 0.217 e. The first kappa shape index (κ1) is 44.9. The summed E-state index contributed by atoms with van der Waals surface area (Å²) >= 11 is 0. The second-order valence-electron chi connectivity index (χ2n) is 18.6. The lowest BCUT2D eigenvalue weighted by Crippen LogP contribution is -2.64. The fourth-order valence-corrected chi connectivity index (χ4v) is 13.1. The Morgan fingerprint density at radius 2 is 1.52 bits per heavy atom. The van der Waals surface area contributed by atoms with Crippen LogP contribution in [0.25, 0.3) is 0 Å². The van der Waals surface area contributed by atoms with Crippen LogP contribution in [0, 0.1) is 52.3 Å². The molecule has 0 aromatic rings. The number of aliphatic hydroxyl groups is 6. The van der Waals surface area contributed by atoms with Crippen molar-refractivity contribution in [2.24, 2.45) is 52.3 Å². The molecule has 2 heterocycles. The lowest BCUT2D eigenvalue weighted by Gasteiger charge is -2.63. The first-order valence-electron chi connectivity index (χ1n) is 20.6. The minimum absolute atomic E-state index is 0.0289. The minimum atomic E-state index is -5.10. The molecule has 2 aliphatic heterocycles. The van der Waals surface area contributed by atoms with Crippen LogP contribution in [0.1, 0.15) is 86.0 Å². The smallest absolute Gasteiger partial charge is 0.217 e. The molecule has 0 aromatic heterocycles. The van der Waals surface area contributed by atoms with Crippen molar-refractivity contribution >= 4 is 10.4 Å². The van der Waals surface area contributed by atoms with Gasteiger partial charge in [-0.05, 0) is 97.7 Å². The quantitative estimate of drug-likeness (QED) is 0.106. The van der Waals surface area contributed by atoms with E-state index in [1.807, 2.05) is 20.8 Å². The third-order valence-electron chi connectivity index (χ3n) is 15.4. The summed E-state index contributed by atoms with van der Waals surface area (Å²) in [6, 6.07) is 0. The van der Waals surface area contributed by atoms with Crippen molar-refractivity contribution in [3.05, 3.63) is 0 Å². The molecule has 6 rings (SSSR count). The summed E-state index contributed by atoms with van der Waals surface area (Å²) in [6.07, 6.45) is -7.68. The van der Waals surface area contributed by atoms with Gasteiger partial charge in [0.15, 0.2) is 12.6 Å². The molecule has 6 N–H and O–H groups in total. The lowest BCUT2D eigenvalue weighted by molar-refractivity contribution is -0.313. The SMILES string of the molecule is CO[C@H]1[C@H](O[C@H]2[C@H](O[C@@H](CC[C@@H](C)[C@H]3C[C@@H](O)[C@H]4[C@@H]5C[C@H](OS(=O)(=O)[O-])[C@H]6[C@@H](O)[C@@H](O)CC[C@]6(C)[C@H]5CC[C@@]43C)C(C)C)O[C@H](CO)[C@@H]2O)OC[C@@H](OC)[C@@H]1O. The van der Waals surface area contributed by atoms with Crippen molar-refractivity contribution in [2.75, 3.05) is 27.4 Å². The van der Waals surface area contributed by atoms with Crippen molar-refractivity contribution in [1.29, 1.82) is 0 Å². The van der Waals surface area contributed by atoms with Crippen molar-refractivity contribution in [2.45, 2.75) is 166 Å². The van der Waals surface area contributed by atoms with Crippen molar-refractivity contribution in [1.82, 2.24) is 0 Å². The average molecular weight is 824 g/mol. The summed E-state index contributed by atoms with van der Waals surface area (Å²) in [4.78, 5) is 0. The van der Waals surface area contributed by atoms with E-state index < -0.39 is 102 Å². The number of hydrogen-bond donors (Lipinski definition) is 6. The summed E-state index contributed by atoms with van der Waals surface area (Å²) in [5, 5.41) is 65.5. The zero-order valence-corrected chi connectivity index (χ0v) is 34.6. The molecule has 0 radical (unpaired) electrons. The van der Waals surface area contributed by atoms with Crippen LogP contribution in [0.15, 0.2) is 0 Å². The van der Waals surface area contributed by atoms with Gasteiger partial charge < -0.3 is 63.6 Å². The van der Waals surface area contributed by atoms with E-state index in [9.17, 15) is 43.6 Å². The molecular formula is C39H67O16S-. The van der Waals surface area contributed by atoms with E-state index in [1.54, 1.807) is 0 Å². The van der Waals surface area contributed by atoms with Crippen LogP contribution in [0.2, 0.25) is 0 Å². The van der Waals surface area contributed by atoms with Crippen LogP contribution < -0.4 is 0 Å². The molecule has 0 amide bonds. The van der Waals surface area contributed by atoms with Gasteiger partial charge in [-0.1, -0.05) is 34.6 Å². The van der Waals surface area contributed by atoms with Gasteiger partial charge in [0.2, 0.25) is 10.4 Å². The predicted molar refractivity (Wildman–Crippen MR) is 196 cm³/mol. The van der Waals surface area contributed by atoms with Gasteiger partial charge in [-0.15, -0.1) is 0 Å². The van der Waals surface area contributed by atoms with Crippen LogP contribution in [0.4, 0.5) is 0 Å². The van der Waals surface area contributed by atoms with Gasteiger partial charge in [-0.2, -0.15) is 0 Å². The highest BCUT2D eigenvalue weighted by Gasteiger charge is 2.66. The molecule has 0 bridgehead atoms. The van der Waals surface area contributed by atoms with Gasteiger partial charge >= 0.3 is 0 Å². The normalized spacial score (nSPS) is 49.3. The zero-order valence-electron chi connectivity index (χ0n) is 33.8. The van der Waals surface area contributed by atoms with E-state index in [0.717, 1.165) is 19.3 Å². The van der Waals surface area contributed by atoms with E-state index in [1.165, 1.54) is 14.2 Å². The molecule has 0 spiro atoms. The van der Waals surface area contributed by atoms with E-state index >= 15 is 0 Å². The number of hydrogen-bond acceptors (Lipinski definition) is 16. The molecule has 4 saturated carbocycles. The number of aliphatic hydroxyl groups excluding tert-OH is 6. The van der Waals surface area contributed by atoms with Gasteiger partial charge in [0.1, 0.15) is 36.6 Å². The molecule has 16 nitrogen and oxygen atoms in total. The molecule has 0 unspecified atom stereocenters. The van der Waals surface area contributed by atoms with E-state index in [-0.39, 0.29) is 60.1 Å². The Labute approximate surface area is 331 Å². The van der Waals surface area contributed by atoms with Crippen molar-refractivity contribution in [3.8, 4) is 0 Å². The molecule has 6 aliphatic rings. The second-order valence-corrected chi connectivity index (χ2v) is 19.6. The molecule has 4 aliphatic carbocycles. The van der Waals surface area contributed by atoms with Crippen LogP contribution in [-0.4, -0.2) is 151 Å². The van der Waals surface area contributed by atoms with Gasteiger partial charge in [-0.25, -0.2) is 8.42 Å². The fraction of sp³-hybridized carbons (Fsp3) is 1.00. The highest BCUT2D eigenvalue weighted by molar-refractivity contribution is 7.80. The third kappa shape index (κ3) is 8.36. The Morgan fingerprint density at radius 1 is 0.821 bits per heavy atom. The van der Waals surface area contributed by atoms with Gasteiger partial charge in [-0.3, -0.25) is 4.18 Å². The number of rotatable bonds is 14. The number of ether oxygens (including phenoxy) is 6. The van der Waals surface area contributed by atoms with E-state index in [4.69, 9.17) is 32.6 Å². The van der Waals surface area contributed by atoms with E-state index in [2.05, 4.69) is 13.8 Å². The number of methoxy groups -OCH3 is 2. The largest absolute Gasteiger partial charge is 0.726 e. The molecule has 2 saturated heterocycles. The highest BCUT2D eigenvalue weighted by Crippen LogP contribution is 2.69. The van der Waals surface area contributed by atoms with Crippen LogP contribution in [0.3, 0.4) is 0 Å². The predicted octanol–water partition coefficient (Wildman–Crippen LogP) is 1.07. The molecular weight excluding hydrogens is 756 g/mol. The van der Waals surface area contributed by atoms with Gasteiger partial charge in [0, 0.05) is 20.1 Å². The van der Waals surface area contributed by atoms with Crippen molar-refractivity contribution < 1.29 is 76.2 Å². The standard InChI is InChI=1S/C39H68O16S/c1-18(2)25(52-37-35(32(44)27(16-40)53-37)54-36-34(50-7)33(45)28(49-6)17-51-36)9-8-19(3)22-15-24(42)29-20-14-26(55-56(46,47)48)30-31(43)23(41)11-13-38(30,4)21(20)10-12-39(22,29)5/h18-37,40-45H,8-17H2,1-7H3,(H,46,47,48)/p-1/t19-,20-,21+,22-,23+,24-,25+,26+,27-,28-,29-,30+,31+,32+,33+,34-,35-,36+,37-,38-,39-/m1/s1.